The van der Waals surface area contributed by atoms with Gasteiger partial charge in [-0.2, -0.15) is 5.10 Å². The van der Waals surface area contributed by atoms with Gasteiger partial charge in [-0.15, -0.1) is 0 Å². The van der Waals surface area contributed by atoms with Gasteiger partial charge in [0.2, 0.25) is 5.91 Å². The number of fused-ring (bicyclic) bond motifs is 1. The van der Waals surface area contributed by atoms with Crippen LogP contribution in [0.2, 0.25) is 0 Å². The number of hydrogen-bond donors (Lipinski definition) is 1. The monoisotopic (exact) mass is 495 g/mol. The van der Waals surface area contributed by atoms with E-state index in [0.717, 1.165) is 87.0 Å². The summed E-state index contributed by atoms with van der Waals surface area (Å²) in [7, 11) is 1.89. The summed E-state index contributed by atoms with van der Waals surface area (Å²) in [6, 6.07) is 2.22. The molecule has 1 saturated carbocycles. The highest BCUT2D eigenvalue weighted by atomic mass is 32.1. The first kappa shape index (κ1) is 25.0. The molecular weight excluding hydrogens is 460 g/mol. The highest BCUT2D eigenvalue weighted by Crippen LogP contribution is 2.32. The molecule has 0 unspecified atom stereocenters. The molecule has 0 spiro atoms. The molecule has 1 N–H and O–H groups in total. The van der Waals surface area contributed by atoms with E-state index in [1.54, 1.807) is 4.68 Å². The number of carbonyl (C=O) groups is 1. The maximum atomic E-state index is 13.0. The fourth-order valence-corrected chi connectivity index (χ4v) is 5.70. The van der Waals surface area contributed by atoms with Gasteiger partial charge in [0.05, 0.1) is 17.8 Å². The SMILES string of the molecule is Cc1cc(CC(=O)NC2CCC(CCN3CCc4sc(OCC(C)(F)F)nc4C3)CC2)nn1C. The number of alkyl halides is 2. The number of amides is 1. The van der Waals surface area contributed by atoms with Crippen molar-refractivity contribution >= 4 is 17.2 Å². The summed E-state index contributed by atoms with van der Waals surface area (Å²) in [5.41, 5.74) is 2.84. The first-order chi connectivity index (χ1) is 16.1. The second-order valence-corrected chi connectivity index (χ2v) is 10.9. The minimum absolute atomic E-state index is 0.0555. The second kappa shape index (κ2) is 10.7. The van der Waals surface area contributed by atoms with Gasteiger partial charge >= 0.3 is 0 Å². The highest BCUT2D eigenvalue weighted by molar-refractivity contribution is 7.13. The molecule has 3 heterocycles. The van der Waals surface area contributed by atoms with Crippen molar-refractivity contribution in [2.24, 2.45) is 13.0 Å². The third-order valence-electron chi connectivity index (χ3n) is 6.81. The van der Waals surface area contributed by atoms with E-state index in [-0.39, 0.29) is 11.9 Å². The number of rotatable bonds is 9. The van der Waals surface area contributed by atoms with Gasteiger partial charge in [-0.1, -0.05) is 11.3 Å². The van der Waals surface area contributed by atoms with Crippen LogP contribution in [0.1, 0.15) is 61.0 Å². The molecule has 0 radical (unpaired) electrons. The standard InChI is InChI=1S/C24H35F2N5O2S/c1-16-12-19(29-30(16)3)13-22(32)27-18-6-4-17(5-7-18)8-10-31-11-9-21-20(14-31)28-23(34-21)33-15-24(2,25)26/h12,17-18H,4-11,13-15H2,1-3H3,(H,27,32). The van der Waals surface area contributed by atoms with E-state index in [2.05, 4.69) is 20.3 Å². The maximum absolute atomic E-state index is 13.0. The van der Waals surface area contributed by atoms with Crippen LogP contribution in [-0.4, -0.2) is 57.2 Å². The van der Waals surface area contributed by atoms with Gasteiger partial charge in [-0.05, 0) is 64.0 Å². The molecule has 7 nitrogen and oxygen atoms in total. The normalized spacial score (nSPS) is 21.3. The Hall–Kier alpha value is -2.07. The number of thiazole rings is 1. The Bertz CT molecular complexity index is 959. The Morgan fingerprint density at radius 2 is 2.09 bits per heavy atom. The molecule has 2 aromatic rings. The zero-order chi connectivity index (χ0) is 24.3. The van der Waals surface area contributed by atoms with Crippen molar-refractivity contribution in [3.63, 3.8) is 0 Å². The molecule has 4 rings (SSSR count). The summed E-state index contributed by atoms with van der Waals surface area (Å²) in [4.78, 5) is 20.4. The lowest BCUT2D eigenvalue weighted by atomic mass is 9.84. The van der Waals surface area contributed by atoms with Crippen LogP contribution in [0.15, 0.2) is 6.07 Å². The Labute approximate surface area is 203 Å². The van der Waals surface area contributed by atoms with E-state index in [4.69, 9.17) is 4.74 Å². The minimum Gasteiger partial charge on any atom is -0.464 e. The molecule has 2 aliphatic rings. The molecule has 1 aliphatic heterocycles. The van der Waals surface area contributed by atoms with Crippen LogP contribution >= 0.6 is 11.3 Å². The lowest BCUT2D eigenvalue weighted by Gasteiger charge is -2.32. The van der Waals surface area contributed by atoms with Crippen molar-refractivity contribution in [3.8, 4) is 5.19 Å². The number of ether oxygens (including phenoxy) is 1. The number of nitrogens with one attached hydrogen (secondary N) is 1. The van der Waals surface area contributed by atoms with Crippen LogP contribution in [0.25, 0.3) is 0 Å². The largest absolute Gasteiger partial charge is 0.464 e. The molecule has 0 saturated heterocycles. The maximum Gasteiger partial charge on any atom is 0.278 e. The Balaban J connectivity index is 1.15. The number of halogens is 2. The zero-order valence-corrected chi connectivity index (χ0v) is 21.1. The number of carbonyl (C=O) groups excluding carboxylic acids is 1. The number of aryl methyl sites for hydroxylation is 2. The number of hydrogen-bond acceptors (Lipinski definition) is 6. The van der Waals surface area contributed by atoms with Crippen LogP contribution in [0.4, 0.5) is 8.78 Å². The topological polar surface area (TPSA) is 72.3 Å². The van der Waals surface area contributed by atoms with Crippen LogP contribution in [0.5, 0.6) is 5.19 Å². The summed E-state index contributed by atoms with van der Waals surface area (Å²) in [5.74, 6) is -2.12. The van der Waals surface area contributed by atoms with Crippen molar-refractivity contribution in [2.45, 2.75) is 77.3 Å². The summed E-state index contributed by atoms with van der Waals surface area (Å²) >= 11 is 1.40. The zero-order valence-electron chi connectivity index (χ0n) is 20.3. The first-order valence-corrected chi connectivity index (χ1v) is 13.0. The molecule has 1 fully saturated rings. The third-order valence-corrected chi connectivity index (χ3v) is 7.88. The van der Waals surface area contributed by atoms with Gasteiger partial charge in [0.1, 0.15) is 0 Å². The molecule has 34 heavy (non-hydrogen) atoms. The van der Waals surface area contributed by atoms with Gasteiger partial charge in [0, 0.05) is 43.7 Å². The fraction of sp³-hybridized carbons (Fsp3) is 0.708. The minimum atomic E-state index is -2.85. The van der Waals surface area contributed by atoms with Crippen molar-refractivity contribution in [1.82, 2.24) is 25.0 Å². The fourth-order valence-electron chi connectivity index (χ4n) is 4.80. The quantitative estimate of drug-likeness (QED) is 0.572. The highest BCUT2D eigenvalue weighted by Gasteiger charge is 2.27. The molecule has 0 atom stereocenters. The summed E-state index contributed by atoms with van der Waals surface area (Å²) in [6.45, 7) is 4.95. The molecule has 188 valence electrons. The third kappa shape index (κ3) is 6.97. The predicted octanol–water partition coefficient (Wildman–Crippen LogP) is 3.88. The van der Waals surface area contributed by atoms with E-state index >= 15 is 0 Å². The lowest BCUT2D eigenvalue weighted by molar-refractivity contribution is -0.121. The molecular formula is C24H35F2N5O2S. The van der Waals surface area contributed by atoms with E-state index < -0.39 is 12.5 Å². The Morgan fingerprint density at radius 1 is 1.32 bits per heavy atom. The van der Waals surface area contributed by atoms with E-state index in [1.165, 1.54) is 11.3 Å². The molecule has 1 aliphatic carbocycles. The van der Waals surface area contributed by atoms with Crippen LogP contribution in [0, 0.1) is 12.8 Å². The predicted molar refractivity (Wildman–Crippen MR) is 127 cm³/mol. The molecule has 1 amide bonds. The number of aromatic nitrogens is 3. The summed E-state index contributed by atoms with van der Waals surface area (Å²) < 4.78 is 33.1. The van der Waals surface area contributed by atoms with Gasteiger partial charge in [0.25, 0.3) is 11.1 Å². The molecule has 0 aromatic carbocycles. The van der Waals surface area contributed by atoms with Crippen LogP contribution in [0.3, 0.4) is 0 Å². The Morgan fingerprint density at radius 3 is 2.76 bits per heavy atom. The first-order valence-electron chi connectivity index (χ1n) is 12.1. The van der Waals surface area contributed by atoms with E-state index in [9.17, 15) is 13.6 Å². The average Bonchev–Trinajstić information content (AvgIpc) is 3.32. The van der Waals surface area contributed by atoms with Crippen molar-refractivity contribution in [3.05, 3.63) is 28.0 Å². The van der Waals surface area contributed by atoms with Crippen molar-refractivity contribution in [2.75, 3.05) is 19.7 Å². The van der Waals surface area contributed by atoms with Gasteiger partial charge in [-0.3, -0.25) is 14.4 Å². The van der Waals surface area contributed by atoms with Crippen LogP contribution < -0.4 is 10.1 Å². The van der Waals surface area contributed by atoms with Gasteiger partial charge in [-0.25, -0.2) is 13.8 Å². The summed E-state index contributed by atoms with van der Waals surface area (Å²) in [5, 5.41) is 7.91. The molecule has 10 heteroatoms. The van der Waals surface area contributed by atoms with Crippen molar-refractivity contribution < 1.29 is 18.3 Å². The van der Waals surface area contributed by atoms with E-state index in [0.29, 0.717) is 17.5 Å². The second-order valence-electron chi connectivity index (χ2n) is 9.89. The number of nitrogens with zero attached hydrogens (tertiary/aromatic N) is 4. The lowest BCUT2D eigenvalue weighted by Crippen LogP contribution is -2.39. The average molecular weight is 496 g/mol. The van der Waals surface area contributed by atoms with Gasteiger partial charge in [0.15, 0.2) is 6.61 Å². The van der Waals surface area contributed by atoms with E-state index in [1.807, 2.05) is 20.0 Å². The van der Waals surface area contributed by atoms with Crippen molar-refractivity contribution in [1.29, 1.82) is 0 Å². The molecule has 0 bridgehead atoms. The van der Waals surface area contributed by atoms with Gasteiger partial charge < -0.3 is 10.1 Å². The van der Waals surface area contributed by atoms with Crippen LogP contribution in [-0.2, 0) is 31.2 Å². The smallest absolute Gasteiger partial charge is 0.278 e. The molecule has 2 aromatic heterocycles. The summed E-state index contributed by atoms with van der Waals surface area (Å²) in [6.07, 6.45) is 6.68. The Kier molecular flexibility index (Phi) is 7.87.